The van der Waals surface area contributed by atoms with Crippen molar-refractivity contribution < 1.29 is 34.4 Å². The predicted octanol–water partition coefficient (Wildman–Crippen LogP) is -1.41. The molecular weight excluding hydrogens is 187 g/mol. The Morgan fingerprint density at radius 3 is 2.29 bits per heavy atom. The maximum absolute atomic E-state index is 11.3. The molecule has 1 rings (SSSR count). The van der Waals surface area contributed by atoms with Gasteiger partial charge in [0.15, 0.2) is 5.69 Å². The fourth-order valence-electron chi connectivity index (χ4n) is 0.914. The first-order valence-electron chi connectivity index (χ1n) is 3.75. The first-order valence-corrected chi connectivity index (χ1v) is 3.75. The van der Waals surface area contributed by atoms with Crippen molar-refractivity contribution in [1.82, 2.24) is 0 Å². The molecule has 2 N–H and O–H groups in total. The van der Waals surface area contributed by atoms with E-state index in [-0.39, 0.29) is 35.3 Å². The van der Waals surface area contributed by atoms with Crippen LogP contribution in [-0.4, -0.2) is 11.8 Å². The van der Waals surface area contributed by atoms with Gasteiger partial charge in [-0.25, -0.2) is 4.85 Å². The number of hydrogen-bond donors (Lipinski definition) is 1. The summed E-state index contributed by atoms with van der Waals surface area (Å²) in [5.74, 6) is -0.212. The molecule has 0 aliphatic heterocycles. The van der Waals surface area contributed by atoms with Gasteiger partial charge in [0.25, 0.3) is 0 Å². The Morgan fingerprint density at radius 2 is 1.93 bits per heavy atom. The molecule has 0 fully saturated rings. The molecule has 4 heteroatoms. The minimum absolute atomic E-state index is 0. The van der Waals surface area contributed by atoms with E-state index < -0.39 is 6.04 Å². The van der Waals surface area contributed by atoms with Gasteiger partial charge in [-0.2, -0.15) is 0 Å². The number of rotatable bonds is 2. The molecule has 66 valence electrons. The normalized spacial score (nSPS) is 10.9. The van der Waals surface area contributed by atoms with Crippen molar-refractivity contribution in [3.63, 3.8) is 0 Å². The molecule has 0 aromatic heterocycles. The molecule has 1 aromatic rings. The van der Waals surface area contributed by atoms with Crippen molar-refractivity contribution in [1.29, 1.82) is 0 Å². The van der Waals surface area contributed by atoms with Gasteiger partial charge in [0.1, 0.15) is 5.78 Å². The van der Waals surface area contributed by atoms with E-state index in [0.29, 0.717) is 11.3 Å². The molecule has 0 radical (unpaired) electrons. The molecule has 0 heterocycles. The van der Waals surface area contributed by atoms with E-state index in [1.165, 1.54) is 0 Å². The maximum atomic E-state index is 11.3. The van der Waals surface area contributed by atoms with E-state index >= 15 is 0 Å². The van der Waals surface area contributed by atoms with Crippen LogP contribution < -0.4 is 35.3 Å². The first-order chi connectivity index (χ1) is 6.15. The molecular formula is C10H9N2NaO. The van der Waals surface area contributed by atoms with Crippen LogP contribution in [0, 0.1) is 13.5 Å². The molecule has 0 aliphatic carbocycles. The summed E-state index contributed by atoms with van der Waals surface area (Å²) in [6.07, 6.45) is 0. The van der Waals surface area contributed by atoms with Gasteiger partial charge in [-0.3, -0.25) is 4.79 Å². The summed E-state index contributed by atoms with van der Waals surface area (Å²) in [6.45, 7) is 10.1. The third kappa shape index (κ3) is 3.24. The van der Waals surface area contributed by atoms with E-state index in [1.807, 2.05) is 0 Å². The molecule has 0 spiro atoms. The van der Waals surface area contributed by atoms with Gasteiger partial charge < -0.3 is 12.7 Å². The third-order valence-corrected chi connectivity index (χ3v) is 1.62. The number of ketones is 1. The summed E-state index contributed by atoms with van der Waals surface area (Å²) in [7, 11) is 0. The number of carbonyl (C=O) groups excluding carboxylic acids is 1. The topological polar surface area (TPSA) is 47.5 Å². The van der Waals surface area contributed by atoms with Crippen molar-refractivity contribution in [2.24, 2.45) is 5.73 Å². The first kappa shape index (κ1) is 13.3. The van der Waals surface area contributed by atoms with Crippen LogP contribution in [0.4, 0.5) is 5.69 Å². The van der Waals surface area contributed by atoms with Gasteiger partial charge in [-0.05, 0) is 0 Å². The van der Waals surface area contributed by atoms with Gasteiger partial charge in [0.05, 0.1) is 6.57 Å². The Morgan fingerprint density at radius 1 is 1.43 bits per heavy atom. The largest absolute Gasteiger partial charge is 1.00 e. The van der Waals surface area contributed by atoms with Gasteiger partial charge in [-0.15, -0.1) is 0 Å². The standard InChI is InChI=1S/C10H9N2O.Na/c1-7(11)10(13)8-3-5-9(12-2)6-4-8;/h3-7H,1,11H2;/q-1;+1. The fraction of sp³-hybridized carbons (Fsp3) is 0.100. The maximum Gasteiger partial charge on any atom is 1.00 e. The zero-order valence-electron chi connectivity index (χ0n) is 8.03. The molecule has 1 atom stereocenters. The minimum atomic E-state index is -0.737. The Hall–Kier alpha value is -0.660. The predicted molar refractivity (Wildman–Crippen MR) is 50.4 cm³/mol. The summed E-state index contributed by atoms with van der Waals surface area (Å²) < 4.78 is 0. The molecule has 0 bridgehead atoms. The number of carbonyl (C=O) groups is 1. The Kier molecular flexibility index (Phi) is 5.66. The van der Waals surface area contributed by atoms with Crippen LogP contribution in [0.1, 0.15) is 10.4 Å². The van der Waals surface area contributed by atoms with Crippen LogP contribution in [0.2, 0.25) is 0 Å². The summed E-state index contributed by atoms with van der Waals surface area (Å²) in [5, 5.41) is 0. The van der Waals surface area contributed by atoms with Crippen molar-refractivity contribution >= 4 is 11.5 Å². The zero-order chi connectivity index (χ0) is 9.84. The Bertz CT molecular complexity index is 351. The minimum Gasteiger partial charge on any atom is -0.350 e. The average Bonchev–Trinajstić information content (AvgIpc) is 2.17. The molecule has 0 aliphatic rings. The SMILES string of the molecule is [C-]#[N+]c1ccc(C(=O)C([CH2-])N)cc1.[Na+]. The average molecular weight is 196 g/mol. The van der Waals surface area contributed by atoms with Gasteiger partial charge >= 0.3 is 29.6 Å². The van der Waals surface area contributed by atoms with Gasteiger partial charge in [0, 0.05) is 5.56 Å². The molecule has 1 aromatic carbocycles. The van der Waals surface area contributed by atoms with E-state index in [1.54, 1.807) is 24.3 Å². The second-order valence-corrected chi connectivity index (χ2v) is 2.63. The molecule has 14 heavy (non-hydrogen) atoms. The smallest absolute Gasteiger partial charge is 0.350 e. The van der Waals surface area contributed by atoms with E-state index in [0.717, 1.165) is 0 Å². The van der Waals surface area contributed by atoms with Crippen molar-refractivity contribution in [3.05, 3.63) is 48.2 Å². The third-order valence-electron chi connectivity index (χ3n) is 1.62. The Labute approximate surface area is 105 Å². The van der Waals surface area contributed by atoms with Crippen molar-refractivity contribution in [3.8, 4) is 0 Å². The van der Waals surface area contributed by atoms with Crippen LogP contribution >= 0.6 is 0 Å². The van der Waals surface area contributed by atoms with Gasteiger partial charge in [0.2, 0.25) is 0 Å². The monoisotopic (exact) mass is 196 g/mol. The number of nitrogens with zero attached hydrogens (tertiary/aromatic N) is 1. The molecule has 3 nitrogen and oxygen atoms in total. The van der Waals surface area contributed by atoms with Crippen LogP contribution in [0.3, 0.4) is 0 Å². The summed E-state index contributed by atoms with van der Waals surface area (Å²) in [6, 6.07) is 5.60. The molecule has 0 saturated carbocycles. The second-order valence-electron chi connectivity index (χ2n) is 2.63. The van der Waals surface area contributed by atoms with E-state index in [2.05, 4.69) is 11.8 Å². The fourth-order valence-corrected chi connectivity index (χ4v) is 0.914. The van der Waals surface area contributed by atoms with Crippen LogP contribution in [0.5, 0.6) is 0 Å². The van der Waals surface area contributed by atoms with Crippen molar-refractivity contribution in [2.75, 3.05) is 0 Å². The number of hydrogen-bond acceptors (Lipinski definition) is 2. The van der Waals surface area contributed by atoms with E-state index in [4.69, 9.17) is 12.3 Å². The molecule has 1 unspecified atom stereocenters. The van der Waals surface area contributed by atoms with Crippen molar-refractivity contribution in [2.45, 2.75) is 6.04 Å². The summed E-state index contributed by atoms with van der Waals surface area (Å²) in [4.78, 5) is 14.5. The van der Waals surface area contributed by atoms with Crippen LogP contribution in [-0.2, 0) is 0 Å². The summed E-state index contributed by atoms with van der Waals surface area (Å²) in [5.41, 5.74) is 6.32. The molecule has 0 saturated heterocycles. The molecule has 0 amide bonds. The van der Waals surface area contributed by atoms with Crippen LogP contribution in [0.15, 0.2) is 24.3 Å². The van der Waals surface area contributed by atoms with E-state index in [9.17, 15) is 4.79 Å². The van der Waals surface area contributed by atoms with Crippen LogP contribution in [0.25, 0.3) is 4.85 Å². The number of nitrogens with two attached hydrogens (primary N) is 1. The quantitative estimate of drug-likeness (QED) is 0.359. The number of benzene rings is 1. The zero-order valence-corrected chi connectivity index (χ0v) is 10.0. The second kappa shape index (κ2) is 5.94. The summed E-state index contributed by atoms with van der Waals surface area (Å²) >= 11 is 0. The number of Topliss-reactive ketones (excluding diaryl/α,β-unsaturated/α-hetero) is 1. The Balaban J connectivity index is 0.00000169. The van der Waals surface area contributed by atoms with Gasteiger partial charge in [-0.1, -0.05) is 30.3 Å².